The normalized spacial score (nSPS) is 19.1. The summed E-state index contributed by atoms with van der Waals surface area (Å²) in [6, 6.07) is 2.05. The fourth-order valence-corrected chi connectivity index (χ4v) is 2.91. The SMILES string of the molecule is CCn1ccc(CN2CCOC(c3nc(N)c4[nH]cnc4n3)C2)n1. The molecule has 0 radical (unpaired) electrons. The number of nitrogens with zero attached hydrogens (tertiary/aromatic N) is 6. The Kier molecular flexibility index (Phi) is 3.87. The number of rotatable bonds is 4. The molecule has 1 unspecified atom stereocenters. The number of nitrogens with one attached hydrogen (secondary N) is 1. The van der Waals surface area contributed by atoms with Crippen LogP contribution in [0.1, 0.15) is 24.5 Å². The number of fused-ring (bicyclic) bond motifs is 1. The first kappa shape index (κ1) is 15.0. The molecule has 0 bridgehead atoms. The van der Waals surface area contributed by atoms with Gasteiger partial charge in [-0.25, -0.2) is 15.0 Å². The molecule has 3 aromatic heterocycles. The third-order valence-electron chi connectivity index (χ3n) is 4.17. The fourth-order valence-electron chi connectivity index (χ4n) is 2.91. The van der Waals surface area contributed by atoms with E-state index in [2.05, 4.69) is 42.9 Å². The molecular weight excluding hydrogens is 308 g/mol. The Balaban J connectivity index is 1.51. The first-order valence-electron chi connectivity index (χ1n) is 8.05. The Hall–Kier alpha value is -2.52. The number of morpholine rings is 1. The number of H-pyrrole nitrogens is 1. The molecule has 4 heterocycles. The van der Waals surface area contributed by atoms with E-state index in [0.29, 0.717) is 36.0 Å². The molecule has 126 valence electrons. The maximum atomic E-state index is 5.98. The van der Waals surface area contributed by atoms with Crippen LogP contribution in [0.2, 0.25) is 0 Å². The van der Waals surface area contributed by atoms with E-state index in [1.165, 1.54) is 0 Å². The van der Waals surface area contributed by atoms with E-state index in [1.807, 2.05) is 10.9 Å². The standard InChI is InChI=1S/C15H20N8O/c1-2-23-4-3-10(21-23)7-22-5-6-24-11(8-22)14-19-13(16)12-15(20-14)18-9-17-12/h3-4,9,11H,2,5-8H2,1H3,(H3,16,17,18,19,20). The van der Waals surface area contributed by atoms with Crippen LogP contribution in [0.15, 0.2) is 18.6 Å². The lowest BCUT2D eigenvalue weighted by molar-refractivity contribution is -0.0374. The van der Waals surface area contributed by atoms with Crippen molar-refractivity contribution in [2.75, 3.05) is 25.4 Å². The monoisotopic (exact) mass is 328 g/mol. The second-order valence-corrected chi connectivity index (χ2v) is 5.83. The van der Waals surface area contributed by atoms with Crippen LogP contribution in [-0.2, 0) is 17.8 Å². The minimum atomic E-state index is -0.213. The van der Waals surface area contributed by atoms with E-state index in [4.69, 9.17) is 10.5 Å². The zero-order valence-electron chi connectivity index (χ0n) is 13.5. The number of aromatic nitrogens is 6. The molecule has 3 aromatic rings. The Bertz CT molecular complexity index is 841. The van der Waals surface area contributed by atoms with Crippen LogP contribution in [0.4, 0.5) is 5.82 Å². The second-order valence-electron chi connectivity index (χ2n) is 5.83. The molecule has 4 rings (SSSR count). The Morgan fingerprint density at radius 2 is 2.33 bits per heavy atom. The van der Waals surface area contributed by atoms with Crippen molar-refractivity contribution in [3.8, 4) is 0 Å². The summed E-state index contributed by atoms with van der Waals surface area (Å²) < 4.78 is 7.79. The van der Waals surface area contributed by atoms with E-state index in [0.717, 1.165) is 25.3 Å². The van der Waals surface area contributed by atoms with E-state index in [1.54, 1.807) is 6.33 Å². The predicted molar refractivity (Wildman–Crippen MR) is 88.0 cm³/mol. The lowest BCUT2D eigenvalue weighted by Crippen LogP contribution is -2.38. The van der Waals surface area contributed by atoms with Crippen molar-refractivity contribution < 1.29 is 4.74 Å². The summed E-state index contributed by atoms with van der Waals surface area (Å²) in [5, 5.41) is 4.54. The summed E-state index contributed by atoms with van der Waals surface area (Å²) in [5.41, 5.74) is 8.27. The smallest absolute Gasteiger partial charge is 0.183 e. The van der Waals surface area contributed by atoms with E-state index in [9.17, 15) is 0 Å². The van der Waals surface area contributed by atoms with Gasteiger partial charge in [0.1, 0.15) is 11.6 Å². The number of aromatic amines is 1. The molecule has 9 nitrogen and oxygen atoms in total. The van der Waals surface area contributed by atoms with Gasteiger partial charge in [-0.1, -0.05) is 0 Å². The number of imidazole rings is 1. The van der Waals surface area contributed by atoms with Crippen molar-refractivity contribution in [3.63, 3.8) is 0 Å². The third kappa shape index (κ3) is 2.83. The zero-order chi connectivity index (χ0) is 16.5. The summed E-state index contributed by atoms with van der Waals surface area (Å²) >= 11 is 0. The Morgan fingerprint density at radius 1 is 1.42 bits per heavy atom. The topological polar surface area (TPSA) is 111 Å². The third-order valence-corrected chi connectivity index (χ3v) is 4.17. The van der Waals surface area contributed by atoms with Gasteiger partial charge in [0, 0.05) is 32.4 Å². The number of aryl methyl sites for hydroxylation is 1. The Labute approximate surface area is 138 Å². The van der Waals surface area contributed by atoms with Gasteiger partial charge in [-0.15, -0.1) is 0 Å². The van der Waals surface area contributed by atoms with E-state index in [-0.39, 0.29) is 6.10 Å². The summed E-state index contributed by atoms with van der Waals surface area (Å²) in [7, 11) is 0. The molecule has 0 saturated carbocycles. The average molecular weight is 328 g/mol. The summed E-state index contributed by atoms with van der Waals surface area (Å²) in [5.74, 6) is 0.978. The highest BCUT2D eigenvalue weighted by Gasteiger charge is 2.26. The molecule has 24 heavy (non-hydrogen) atoms. The lowest BCUT2D eigenvalue weighted by Gasteiger charge is -2.31. The van der Waals surface area contributed by atoms with Crippen LogP contribution < -0.4 is 5.73 Å². The Morgan fingerprint density at radius 3 is 3.17 bits per heavy atom. The van der Waals surface area contributed by atoms with E-state index < -0.39 is 0 Å². The van der Waals surface area contributed by atoms with Crippen LogP contribution in [0, 0.1) is 0 Å². The highest BCUT2D eigenvalue weighted by Crippen LogP contribution is 2.23. The molecule has 1 atom stereocenters. The van der Waals surface area contributed by atoms with Crippen molar-refractivity contribution in [3.05, 3.63) is 30.1 Å². The first-order valence-corrected chi connectivity index (χ1v) is 8.05. The van der Waals surface area contributed by atoms with Crippen LogP contribution in [0.25, 0.3) is 11.2 Å². The second kappa shape index (κ2) is 6.17. The fraction of sp³-hybridized carbons (Fsp3) is 0.467. The molecule has 0 aliphatic carbocycles. The van der Waals surface area contributed by atoms with Gasteiger partial charge in [0.05, 0.1) is 18.6 Å². The van der Waals surface area contributed by atoms with Crippen molar-refractivity contribution in [1.82, 2.24) is 34.6 Å². The van der Waals surface area contributed by atoms with Gasteiger partial charge in [0.15, 0.2) is 17.3 Å². The van der Waals surface area contributed by atoms with Gasteiger partial charge in [0.25, 0.3) is 0 Å². The van der Waals surface area contributed by atoms with Gasteiger partial charge >= 0.3 is 0 Å². The molecule has 9 heteroatoms. The first-order chi connectivity index (χ1) is 11.7. The molecule has 1 aliphatic heterocycles. The quantitative estimate of drug-likeness (QED) is 0.726. The minimum absolute atomic E-state index is 0.213. The van der Waals surface area contributed by atoms with Crippen LogP contribution in [0.3, 0.4) is 0 Å². The molecule has 0 amide bonds. The van der Waals surface area contributed by atoms with Gasteiger partial charge in [-0.2, -0.15) is 5.10 Å². The number of hydrogen-bond donors (Lipinski definition) is 2. The van der Waals surface area contributed by atoms with Crippen LogP contribution in [-0.4, -0.2) is 54.3 Å². The van der Waals surface area contributed by atoms with Gasteiger partial charge in [0.2, 0.25) is 0 Å². The maximum Gasteiger partial charge on any atom is 0.183 e. The minimum Gasteiger partial charge on any atom is -0.382 e. The van der Waals surface area contributed by atoms with Crippen molar-refractivity contribution in [2.24, 2.45) is 0 Å². The highest BCUT2D eigenvalue weighted by atomic mass is 16.5. The molecule has 0 aromatic carbocycles. The summed E-state index contributed by atoms with van der Waals surface area (Å²) in [4.78, 5) is 18.3. The summed E-state index contributed by atoms with van der Waals surface area (Å²) in [6.45, 7) is 5.93. The van der Waals surface area contributed by atoms with Gasteiger partial charge in [-0.05, 0) is 13.0 Å². The van der Waals surface area contributed by atoms with Crippen LogP contribution >= 0.6 is 0 Å². The molecule has 1 aliphatic rings. The molecule has 1 saturated heterocycles. The highest BCUT2D eigenvalue weighted by molar-refractivity contribution is 5.80. The number of anilines is 1. The molecule has 0 spiro atoms. The molecule has 1 fully saturated rings. The zero-order valence-corrected chi connectivity index (χ0v) is 13.5. The lowest BCUT2D eigenvalue weighted by atomic mass is 10.2. The average Bonchev–Trinajstić information content (AvgIpc) is 3.24. The number of ether oxygens (including phenoxy) is 1. The maximum absolute atomic E-state index is 5.98. The van der Waals surface area contributed by atoms with E-state index >= 15 is 0 Å². The number of nitrogens with two attached hydrogens (primary N) is 1. The number of nitrogen functional groups attached to an aromatic ring is 1. The largest absolute Gasteiger partial charge is 0.382 e. The van der Waals surface area contributed by atoms with Gasteiger partial charge < -0.3 is 15.5 Å². The molecule has 3 N–H and O–H groups in total. The van der Waals surface area contributed by atoms with Crippen molar-refractivity contribution in [1.29, 1.82) is 0 Å². The van der Waals surface area contributed by atoms with Crippen LogP contribution in [0.5, 0.6) is 0 Å². The predicted octanol–water partition coefficient (Wildman–Crippen LogP) is 0.725. The number of hydrogen-bond acceptors (Lipinski definition) is 7. The van der Waals surface area contributed by atoms with Crippen molar-refractivity contribution >= 4 is 17.0 Å². The molecular formula is C15H20N8O. The summed E-state index contributed by atoms with van der Waals surface area (Å²) in [6.07, 6.45) is 3.36. The van der Waals surface area contributed by atoms with Gasteiger partial charge in [-0.3, -0.25) is 9.58 Å². The van der Waals surface area contributed by atoms with Crippen molar-refractivity contribution in [2.45, 2.75) is 26.1 Å².